The first-order chi connectivity index (χ1) is 10.6. The van der Waals surface area contributed by atoms with E-state index < -0.39 is 0 Å². The van der Waals surface area contributed by atoms with E-state index in [1.54, 1.807) is 6.20 Å². The van der Waals surface area contributed by atoms with Gasteiger partial charge in [-0.1, -0.05) is 24.3 Å². The second kappa shape index (κ2) is 6.02. The van der Waals surface area contributed by atoms with Crippen molar-refractivity contribution in [1.82, 2.24) is 14.9 Å². The summed E-state index contributed by atoms with van der Waals surface area (Å²) in [5.74, 6) is 0.0274. The predicted octanol–water partition coefficient (Wildman–Crippen LogP) is 2.74. The average Bonchev–Trinajstić information content (AvgIpc) is 2.83. The van der Waals surface area contributed by atoms with Crippen LogP contribution >= 0.6 is 0 Å². The highest BCUT2D eigenvalue weighted by molar-refractivity contribution is 5.87. The number of pyridine rings is 1. The van der Waals surface area contributed by atoms with E-state index >= 15 is 0 Å². The highest BCUT2D eigenvalue weighted by atomic mass is 16.1. The largest absolute Gasteiger partial charge is 0.352 e. The van der Waals surface area contributed by atoms with Gasteiger partial charge in [-0.15, -0.1) is 0 Å². The quantitative estimate of drug-likeness (QED) is 0.804. The number of carbonyl (C=O) groups excluding carboxylic acids is 1. The third-order valence-corrected chi connectivity index (χ3v) is 3.90. The van der Waals surface area contributed by atoms with E-state index in [2.05, 4.69) is 23.3 Å². The normalized spacial score (nSPS) is 10.8. The molecule has 22 heavy (non-hydrogen) atoms. The number of nitrogens with zero attached hydrogens (tertiary/aromatic N) is 2. The lowest BCUT2D eigenvalue weighted by molar-refractivity contribution is -0.120. The van der Waals surface area contributed by atoms with Crippen LogP contribution in [-0.4, -0.2) is 15.5 Å². The third-order valence-electron chi connectivity index (χ3n) is 3.90. The maximum absolute atomic E-state index is 12.2. The van der Waals surface area contributed by atoms with Crippen molar-refractivity contribution in [2.75, 3.05) is 0 Å². The fraction of sp³-hybridized carbons (Fsp3) is 0.222. The Morgan fingerprint density at radius 1 is 1.18 bits per heavy atom. The second-order valence-electron chi connectivity index (χ2n) is 5.52. The summed E-state index contributed by atoms with van der Waals surface area (Å²) in [4.78, 5) is 16.6. The van der Waals surface area contributed by atoms with Gasteiger partial charge >= 0.3 is 0 Å². The first-order valence-electron chi connectivity index (χ1n) is 7.35. The van der Waals surface area contributed by atoms with E-state index in [0.29, 0.717) is 13.0 Å². The summed E-state index contributed by atoms with van der Waals surface area (Å²) in [5.41, 5.74) is 4.25. The number of aromatic nitrogens is 2. The molecule has 0 unspecified atom stereocenters. The Hall–Kier alpha value is -2.62. The van der Waals surface area contributed by atoms with Gasteiger partial charge in [-0.3, -0.25) is 4.79 Å². The number of rotatable bonds is 4. The summed E-state index contributed by atoms with van der Waals surface area (Å²) in [6, 6.07) is 12.0. The van der Waals surface area contributed by atoms with Gasteiger partial charge in [0.2, 0.25) is 5.91 Å². The second-order valence-corrected chi connectivity index (χ2v) is 5.52. The van der Waals surface area contributed by atoms with Gasteiger partial charge in [0.1, 0.15) is 5.65 Å². The Kier molecular flexibility index (Phi) is 3.92. The van der Waals surface area contributed by atoms with E-state index in [9.17, 15) is 4.79 Å². The van der Waals surface area contributed by atoms with Gasteiger partial charge in [0.05, 0.1) is 6.42 Å². The van der Waals surface area contributed by atoms with Gasteiger partial charge in [-0.05, 0) is 35.7 Å². The molecule has 3 aromatic rings. The van der Waals surface area contributed by atoms with Crippen molar-refractivity contribution in [1.29, 1.82) is 0 Å². The number of nitrogens with one attached hydrogen (secondary N) is 1. The lowest BCUT2D eigenvalue weighted by atomic mass is 10.1. The Balaban J connectivity index is 1.70. The van der Waals surface area contributed by atoms with Crippen LogP contribution in [0.3, 0.4) is 0 Å². The highest BCUT2D eigenvalue weighted by Gasteiger charge is 2.11. The van der Waals surface area contributed by atoms with E-state index in [4.69, 9.17) is 0 Å². The molecule has 0 saturated carbocycles. The van der Waals surface area contributed by atoms with Crippen molar-refractivity contribution in [2.45, 2.75) is 19.9 Å². The summed E-state index contributed by atoms with van der Waals surface area (Å²) in [5, 5.41) is 4.03. The molecule has 1 N–H and O–H groups in total. The molecule has 0 bridgehead atoms. The molecule has 0 atom stereocenters. The predicted molar refractivity (Wildman–Crippen MR) is 87.4 cm³/mol. The molecule has 4 nitrogen and oxygen atoms in total. The van der Waals surface area contributed by atoms with Crippen LogP contribution in [0, 0.1) is 6.92 Å². The van der Waals surface area contributed by atoms with Gasteiger partial charge in [0.15, 0.2) is 0 Å². The van der Waals surface area contributed by atoms with Crippen LogP contribution < -0.4 is 5.32 Å². The van der Waals surface area contributed by atoms with Crippen LogP contribution in [0.5, 0.6) is 0 Å². The maximum atomic E-state index is 12.2. The number of carbonyl (C=O) groups is 1. The smallest absolute Gasteiger partial charge is 0.224 e. The molecule has 0 aliphatic carbocycles. The van der Waals surface area contributed by atoms with Crippen LogP contribution in [-0.2, 0) is 24.8 Å². The molecule has 112 valence electrons. The monoisotopic (exact) mass is 293 g/mol. The van der Waals surface area contributed by atoms with E-state index in [1.165, 1.54) is 5.56 Å². The standard InChI is InChI=1S/C18H19N3O/c1-13-6-3-4-7-14(13)11-20-17(22)10-15-12-21(2)18-16(15)8-5-9-19-18/h3-9,12H,10-11H2,1-2H3,(H,20,22). The van der Waals surface area contributed by atoms with Crippen LogP contribution in [0.25, 0.3) is 11.0 Å². The fourth-order valence-corrected chi connectivity index (χ4v) is 2.67. The molecule has 0 radical (unpaired) electrons. The van der Waals surface area contributed by atoms with Gasteiger partial charge in [0, 0.05) is 31.4 Å². The molecule has 0 spiro atoms. The number of amides is 1. The maximum Gasteiger partial charge on any atom is 0.224 e. The van der Waals surface area contributed by atoms with E-state index in [-0.39, 0.29) is 5.91 Å². The van der Waals surface area contributed by atoms with Crippen molar-refractivity contribution in [3.05, 3.63) is 65.5 Å². The minimum absolute atomic E-state index is 0.0274. The number of aryl methyl sites for hydroxylation is 2. The summed E-state index contributed by atoms with van der Waals surface area (Å²) in [6.45, 7) is 2.62. The average molecular weight is 293 g/mol. The lowest BCUT2D eigenvalue weighted by Crippen LogP contribution is -2.24. The van der Waals surface area contributed by atoms with Crippen molar-refractivity contribution < 1.29 is 4.79 Å². The van der Waals surface area contributed by atoms with Crippen LogP contribution in [0.15, 0.2) is 48.8 Å². The Labute approximate surface area is 129 Å². The molecule has 1 aromatic carbocycles. The Bertz CT molecular complexity index is 820. The molecule has 2 heterocycles. The van der Waals surface area contributed by atoms with Gasteiger partial charge in [0.25, 0.3) is 0 Å². The zero-order chi connectivity index (χ0) is 15.5. The zero-order valence-electron chi connectivity index (χ0n) is 12.8. The fourth-order valence-electron chi connectivity index (χ4n) is 2.67. The molecule has 3 rings (SSSR count). The molecule has 0 aliphatic rings. The van der Waals surface area contributed by atoms with E-state index in [1.807, 2.05) is 48.1 Å². The summed E-state index contributed by atoms with van der Waals surface area (Å²) in [6.07, 6.45) is 4.12. The summed E-state index contributed by atoms with van der Waals surface area (Å²) < 4.78 is 1.96. The minimum Gasteiger partial charge on any atom is -0.352 e. The first kappa shape index (κ1) is 14.3. The molecule has 0 saturated heterocycles. The highest BCUT2D eigenvalue weighted by Crippen LogP contribution is 2.18. The molecule has 0 aliphatic heterocycles. The molecule has 0 fully saturated rings. The van der Waals surface area contributed by atoms with Gasteiger partial charge in [-0.25, -0.2) is 4.98 Å². The molecular weight excluding hydrogens is 274 g/mol. The van der Waals surface area contributed by atoms with Crippen LogP contribution in [0.1, 0.15) is 16.7 Å². The van der Waals surface area contributed by atoms with Crippen molar-refractivity contribution in [2.24, 2.45) is 7.05 Å². The number of hydrogen-bond donors (Lipinski definition) is 1. The van der Waals surface area contributed by atoms with Crippen LogP contribution in [0.2, 0.25) is 0 Å². The molecule has 4 heteroatoms. The topological polar surface area (TPSA) is 46.9 Å². The van der Waals surface area contributed by atoms with Gasteiger partial charge in [-0.2, -0.15) is 0 Å². The minimum atomic E-state index is 0.0274. The lowest BCUT2D eigenvalue weighted by Gasteiger charge is -2.07. The Morgan fingerprint density at radius 3 is 2.82 bits per heavy atom. The number of hydrogen-bond acceptors (Lipinski definition) is 2. The third kappa shape index (κ3) is 2.86. The van der Waals surface area contributed by atoms with Gasteiger partial charge < -0.3 is 9.88 Å². The zero-order valence-corrected chi connectivity index (χ0v) is 12.8. The molecule has 2 aromatic heterocycles. The Morgan fingerprint density at radius 2 is 2.00 bits per heavy atom. The van der Waals surface area contributed by atoms with Crippen molar-refractivity contribution >= 4 is 16.9 Å². The van der Waals surface area contributed by atoms with Crippen LogP contribution in [0.4, 0.5) is 0 Å². The number of benzene rings is 1. The van der Waals surface area contributed by atoms with Crippen molar-refractivity contribution in [3.63, 3.8) is 0 Å². The SMILES string of the molecule is Cc1ccccc1CNC(=O)Cc1cn(C)c2ncccc12. The van der Waals surface area contributed by atoms with E-state index in [0.717, 1.165) is 22.2 Å². The summed E-state index contributed by atoms with van der Waals surface area (Å²) >= 11 is 0. The summed E-state index contributed by atoms with van der Waals surface area (Å²) in [7, 11) is 1.95. The molecule has 1 amide bonds. The molecular formula is C18H19N3O. The van der Waals surface area contributed by atoms with Crippen molar-refractivity contribution in [3.8, 4) is 0 Å². The first-order valence-corrected chi connectivity index (χ1v) is 7.35. The number of fused-ring (bicyclic) bond motifs is 1.